The monoisotopic (exact) mass is 311 g/mol. The summed E-state index contributed by atoms with van der Waals surface area (Å²) in [5, 5.41) is 0. The number of fused-ring (bicyclic) bond motifs is 1. The van der Waals surface area contributed by atoms with Gasteiger partial charge in [0, 0.05) is 30.7 Å². The van der Waals surface area contributed by atoms with E-state index in [0.717, 1.165) is 38.0 Å². The van der Waals surface area contributed by atoms with Gasteiger partial charge in [0.25, 0.3) is 5.91 Å². The zero-order valence-electron chi connectivity index (χ0n) is 13.1. The van der Waals surface area contributed by atoms with Crippen LogP contribution >= 0.6 is 0 Å². The molecule has 2 N–H and O–H groups in total. The summed E-state index contributed by atoms with van der Waals surface area (Å²) < 4.78 is 2.38. The zero-order valence-corrected chi connectivity index (χ0v) is 13.1. The molecular formula is C17H21N5O. The minimum absolute atomic E-state index is 0.325. The first-order valence-corrected chi connectivity index (χ1v) is 8.28. The average Bonchev–Trinajstić information content (AvgIpc) is 3.21. The molecule has 1 aliphatic carbocycles. The van der Waals surface area contributed by atoms with Gasteiger partial charge in [0.2, 0.25) is 0 Å². The first kappa shape index (κ1) is 14.2. The van der Waals surface area contributed by atoms with Gasteiger partial charge >= 0.3 is 0 Å². The highest BCUT2D eigenvalue weighted by atomic mass is 16.1. The van der Waals surface area contributed by atoms with Crippen molar-refractivity contribution in [2.75, 3.05) is 18.0 Å². The van der Waals surface area contributed by atoms with E-state index in [1.165, 1.54) is 24.2 Å². The van der Waals surface area contributed by atoms with Crippen LogP contribution in [-0.4, -0.2) is 33.5 Å². The van der Waals surface area contributed by atoms with Gasteiger partial charge in [0.05, 0.1) is 18.1 Å². The molecule has 3 heterocycles. The van der Waals surface area contributed by atoms with E-state index in [9.17, 15) is 4.79 Å². The Balaban J connectivity index is 1.54. The summed E-state index contributed by atoms with van der Waals surface area (Å²) in [4.78, 5) is 22.2. The van der Waals surface area contributed by atoms with Crippen molar-refractivity contribution in [1.29, 1.82) is 0 Å². The second-order valence-corrected chi connectivity index (χ2v) is 6.40. The molecule has 1 fully saturated rings. The van der Waals surface area contributed by atoms with Crippen LogP contribution in [0.4, 0.5) is 5.69 Å². The molecule has 1 atom stereocenters. The van der Waals surface area contributed by atoms with Crippen LogP contribution < -0.4 is 10.6 Å². The van der Waals surface area contributed by atoms with E-state index in [1.807, 2.05) is 12.4 Å². The van der Waals surface area contributed by atoms with Crippen molar-refractivity contribution < 1.29 is 4.79 Å². The van der Waals surface area contributed by atoms with Crippen LogP contribution in [0.5, 0.6) is 0 Å². The number of hydrogen-bond donors (Lipinski definition) is 1. The van der Waals surface area contributed by atoms with Crippen molar-refractivity contribution in [3.63, 3.8) is 0 Å². The van der Waals surface area contributed by atoms with Gasteiger partial charge in [0.1, 0.15) is 5.69 Å². The highest BCUT2D eigenvalue weighted by Crippen LogP contribution is 2.30. The first-order chi connectivity index (χ1) is 11.2. The normalized spacial score (nSPS) is 20.5. The fourth-order valence-corrected chi connectivity index (χ4v) is 3.76. The number of primary amides is 1. The van der Waals surface area contributed by atoms with Gasteiger partial charge in [-0.15, -0.1) is 0 Å². The summed E-state index contributed by atoms with van der Waals surface area (Å²) in [6.07, 6.45) is 9.55. The molecule has 1 amide bonds. The maximum Gasteiger partial charge on any atom is 0.267 e. The van der Waals surface area contributed by atoms with Crippen molar-refractivity contribution in [1.82, 2.24) is 14.5 Å². The molecule has 0 aromatic carbocycles. The fourth-order valence-electron chi connectivity index (χ4n) is 3.76. The van der Waals surface area contributed by atoms with Gasteiger partial charge in [-0.2, -0.15) is 0 Å². The molecule has 1 aliphatic heterocycles. The summed E-state index contributed by atoms with van der Waals surface area (Å²) in [5.74, 6) is -0.480. The molecule has 0 saturated carbocycles. The number of carbonyl (C=O) groups excluding carboxylic acids is 1. The Morgan fingerprint density at radius 3 is 3.00 bits per heavy atom. The van der Waals surface area contributed by atoms with Gasteiger partial charge in [-0.25, -0.2) is 4.98 Å². The first-order valence-electron chi connectivity index (χ1n) is 8.28. The molecule has 2 aromatic heterocycles. The van der Waals surface area contributed by atoms with Crippen molar-refractivity contribution in [3.8, 4) is 0 Å². The number of carbonyl (C=O) groups is 1. The molecule has 2 aromatic rings. The van der Waals surface area contributed by atoms with Gasteiger partial charge in [-0.05, 0) is 44.2 Å². The molecule has 23 heavy (non-hydrogen) atoms. The Hall–Kier alpha value is -2.37. The molecule has 4 rings (SSSR count). The Morgan fingerprint density at radius 1 is 1.26 bits per heavy atom. The van der Waals surface area contributed by atoms with Crippen LogP contribution in [0.3, 0.4) is 0 Å². The van der Waals surface area contributed by atoms with Gasteiger partial charge < -0.3 is 15.2 Å². The standard InChI is InChI=1S/C17H21N5O/c18-17(23)15-9-12(5-7-19-15)21-8-6-13(10-21)22-11-20-14-3-1-2-4-16(14)22/h5,7,9,11,13H,1-4,6,8,10H2,(H2,18,23). The van der Waals surface area contributed by atoms with Crippen LogP contribution in [0.1, 0.15) is 47.2 Å². The Kier molecular flexibility index (Phi) is 3.52. The molecule has 6 nitrogen and oxygen atoms in total. The van der Waals surface area contributed by atoms with Crippen LogP contribution in [0.2, 0.25) is 0 Å². The average molecular weight is 311 g/mol. The molecular weight excluding hydrogens is 290 g/mol. The topological polar surface area (TPSA) is 77.0 Å². The summed E-state index contributed by atoms with van der Waals surface area (Å²) in [7, 11) is 0. The lowest BCUT2D eigenvalue weighted by atomic mass is 10.0. The van der Waals surface area contributed by atoms with Crippen LogP contribution in [0.15, 0.2) is 24.7 Å². The number of rotatable bonds is 3. The largest absolute Gasteiger partial charge is 0.369 e. The number of nitrogens with two attached hydrogens (primary N) is 1. The van der Waals surface area contributed by atoms with Crippen molar-refractivity contribution in [2.45, 2.75) is 38.1 Å². The van der Waals surface area contributed by atoms with E-state index >= 15 is 0 Å². The number of hydrogen-bond acceptors (Lipinski definition) is 4. The fraction of sp³-hybridized carbons (Fsp3) is 0.471. The Morgan fingerprint density at radius 2 is 2.13 bits per heavy atom. The summed E-state index contributed by atoms with van der Waals surface area (Å²) in [6.45, 7) is 1.91. The maximum absolute atomic E-state index is 11.3. The summed E-state index contributed by atoms with van der Waals surface area (Å²) >= 11 is 0. The van der Waals surface area contributed by atoms with E-state index in [1.54, 1.807) is 12.3 Å². The van der Waals surface area contributed by atoms with Crippen molar-refractivity contribution in [2.24, 2.45) is 5.73 Å². The Labute approximate surface area is 135 Å². The van der Waals surface area contributed by atoms with E-state index in [2.05, 4.69) is 19.4 Å². The van der Waals surface area contributed by atoms with Gasteiger partial charge in [0.15, 0.2) is 0 Å². The maximum atomic E-state index is 11.3. The number of nitrogens with zero attached hydrogens (tertiary/aromatic N) is 4. The molecule has 1 saturated heterocycles. The number of imidazole rings is 1. The lowest BCUT2D eigenvalue weighted by Crippen LogP contribution is -2.22. The van der Waals surface area contributed by atoms with Crippen LogP contribution in [0.25, 0.3) is 0 Å². The third kappa shape index (κ3) is 2.58. The van der Waals surface area contributed by atoms with E-state index < -0.39 is 5.91 Å². The number of anilines is 1. The Bertz CT molecular complexity index is 738. The second-order valence-electron chi connectivity index (χ2n) is 6.40. The third-order valence-corrected chi connectivity index (χ3v) is 4.98. The summed E-state index contributed by atoms with van der Waals surface area (Å²) in [6, 6.07) is 4.18. The van der Waals surface area contributed by atoms with E-state index in [0.29, 0.717) is 11.7 Å². The lowest BCUT2D eigenvalue weighted by Gasteiger charge is -2.21. The molecule has 0 spiro atoms. The van der Waals surface area contributed by atoms with Crippen LogP contribution in [0, 0.1) is 0 Å². The number of aromatic nitrogens is 3. The number of aryl methyl sites for hydroxylation is 1. The molecule has 1 unspecified atom stereocenters. The minimum atomic E-state index is -0.480. The molecule has 2 aliphatic rings. The van der Waals surface area contributed by atoms with Crippen molar-refractivity contribution >= 4 is 11.6 Å². The molecule has 6 heteroatoms. The minimum Gasteiger partial charge on any atom is -0.369 e. The number of pyridine rings is 1. The lowest BCUT2D eigenvalue weighted by molar-refractivity contribution is 0.0995. The van der Waals surface area contributed by atoms with Gasteiger partial charge in [-0.3, -0.25) is 9.78 Å². The van der Waals surface area contributed by atoms with Crippen molar-refractivity contribution in [3.05, 3.63) is 41.7 Å². The predicted molar refractivity (Wildman–Crippen MR) is 87.5 cm³/mol. The molecule has 120 valence electrons. The third-order valence-electron chi connectivity index (χ3n) is 4.98. The highest BCUT2D eigenvalue weighted by molar-refractivity contribution is 5.91. The molecule has 0 radical (unpaired) electrons. The predicted octanol–water partition coefficient (Wildman–Crippen LogP) is 1.71. The second kappa shape index (κ2) is 5.68. The van der Waals surface area contributed by atoms with E-state index in [4.69, 9.17) is 5.73 Å². The smallest absolute Gasteiger partial charge is 0.267 e. The van der Waals surface area contributed by atoms with Crippen LogP contribution in [-0.2, 0) is 12.8 Å². The SMILES string of the molecule is NC(=O)c1cc(N2CCC(n3cnc4c3CCCC4)C2)ccn1. The molecule has 0 bridgehead atoms. The zero-order chi connectivity index (χ0) is 15.8. The quantitative estimate of drug-likeness (QED) is 0.936. The van der Waals surface area contributed by atoms with Gasteiger partial charge in [-0.1, -0.05) is 0 Å². The number of amides is 1. The van der Waals surface area contributed by atoms with E-state index in [-0.39, 0.29) is 0 Å². The highest BCUT2D eigenvalue weighted by Gasteiger charge is 2.27. The summed E-state index contributed by atoms with van der Waals surface area (Å²) in [5.41, 5.74) is 9.39.